The van der Waals surface area contributed by atoms with Crippen LogP contribution in [0.3, 0.4) is 0 Å². The third-order valence-electron chi connectivity index (χ3n) is 3.22. The fraction of sp³-hybridized carbons (Fsp3) is 0.235. The molecule has 1 amide bonds. The molecule has 0 radical (unpaired) electrons. The Kier molecular flexibility index (Phi) is 5.96. The molecule has 2 rings (SSSR count). The van der Waals surface area contributed by atoms with E-state index in [-0.39, 0.29) is 17.5 Å². The van der Waals surface area contributed by atoms with E-state index in [0.29, 0.717) is 11.3 Å². The van der Waals surface area contributed by atoms with Gasteiger partial charge in [-0.2, -0.15) is 0 Å². The number of aliphatic hydroxyl groups is 1. The van der Waals surface area contributed by atoms with Crippen molar-refractivity contribution in [1.29, 1.82) is 0 Å². The van der Waals surface area contributed by atoms with Crippen LogP contribution in [0.15, 0.2) is 48.5 Å². The molecule has 0 aliphatic rings. The van der Waals surface area contributed by atoms with Crippen molar-refractivity contribution in [3.63, 3.8) is 0 Å². The summed E-state index contributed by atoms with van der Waals surface area (Å²) in [5.41, 5.74) is 0.337. The molecule has 0 aliphatic heterocycles. The molecule has 122 valence electrons. The molecule has 0 spiro atoms. The molecule has 2 N–H and O–H groups in total. The van der Waals surface area contributed by atoms with Crippen LogP contribution < -0.4 is 10.1 Å². The zero-order valence-electron chi connectivity index (χ0n) is 12.5. The Balaban J connectivity index is 1.86. The van der Waals surface area contributed by atoms with Crippen LogP contribution >= 0.6 is 11.6 Å². The molecule has 2 atom stereocenters. The highest BCUT2D eigenvalue weighted by Crippen LogP contribution is 2.20. The lowest BCUT2D eigenvalue weighted by molar-refractivity contribution is -0.127. The minimum Gasteiger partial charge on any atom is -0.481 e. The lowest BCUT2D eigenvalue weighted by Crippen LogP contribution is -2.38. The monoisotopic (exact) mass is 337 g/mol. The van der Waals surface area contributed by atoms with Gasteiger partial charge >= 0.3 is 0 Å². The van der Waals surface area contributed by atoms with Gasteiger partial charge in [0.15, 0.2) is 6.10 Å². The fourth-order valence-corrected chi connectivity index (χ4v) is 2.05. The van der Waals surface area contributed by atoms with E-state index >= 15 is 0 Å². The molecule has 0 heterocycles. The first kappa shape index (κ1) is 17.2. The number of hydrogen-bond donors (Lipinski definition) is 2. The van der Waals surface area contributed by atoms with Crippen molar-refractivity contribution in [3.8, 4) is 5.75 Å². The van der Waals surface area contributed by atoms with Gasteiger partial charge in [0, 0.05) is 6.54 Å². The second kappa shape index (κ2) is 7.94. The quantitative estimate of drug-likeness (QED) is 0.851. The topological polar surface area (TPSA) is 58.6 Å². The van der Waals surface area contributed by atoms with Gasteiger partial charge in [-0.15, -0.1) is 0 Å². The van der Waals surface area contributed by atoms with E-state index in [9.17, 15) is 14.3 Å². The maximum Gasteiger partial charge on any atom is 0.260 e. The summed E-state index contributed by atoms with van der Waals surface area (Å²) < 4.78 is 18.8. The van der Waals surface area contributed by atoms with Crippen LogP contribution in [0.25, 0.3) is 0 Å². The summed E-state index contributed by atoms with van der Waals surface area (Å²) in [4.78, 5) is 12.0. The minimum absolute atomic E-state index is 0.0186. The van der Waals surface area contributed by atoms with Crippen molar-refractivity contribution in [1.82, 2.24) is 5.32 Å². The molecule has 6 heteroatoms. The molecule has 2 aromatic rings. The van der Waals surface area contributed by atoms with E-state index < -0.39 is 18.0 Å². The lowest BCUT2D eigenvalue weighted by Gasteiger charge is -2.17. The third kappa shape index (κ3) is 4.94. The number of nitrogens with one attached hydrogen (secondary N) is 1. The van der Waals surface area contributed by atoms with Crippen LogP contribution in [0.4, 0.5) is 4.39 Å². The fourth-order valence-electron chi connectivity index (χ4n) is 1.94. The summed E-state index contributed by atoms with van der Waals surface area (Å²) in [5, 5.41) is 12.5. The van der Waals surface area contributed by atoms with Gasteiger partial charge in [0.05, 0.1) is 11.1 Å². The van der Waals surface area contributed by atoms with Crippen LogP contribution in [-0.2, 0) is 4.79 Å². The minimum atomic E-state index is -1.03. The Bertz CT molecular complexity index is 666. The first-order valence-electron chi connectivity index (χ1n) is 7.10. The zero-order chi connectivity index (χ0) is 16.8. The van der Waals surface area contributed by atoms with E-state index in [0.717, 1.165) is 6.07 Å². The van der Waals surface area contributed by atoms with Gasteiger partial charge in [-0.3, -0.25) is 4.79 Å². The van der Waals surface area contributed by atoms with E-state index in [1.807, 2.05) is 6.07 Å². The van der Waals surface area contributed by atoms with Gasteiger partial charge in [0.25, 0.3) is 5.91 Å². The SMILES string of the molecule is CC(Oc1ccccc1)C(=O)NCC(O)c1ccc(Cl)c(F)c1. The second-order valence-electron chi connectivity index (χ2n) is 5.01. The predicted molar refractivity (Wildman–Crippen MR) is 85.9 cm³/mol. The Hall–Kier alpha value is -2.11. The van der Waals surface area contributed by atoms with Crippen LogP contribution in [0.5, 0.6) is 5.75 Å². The highest BCUT2D eigenvalue weighted by atomic mass is 35.5. The summed E-state index contributed by atoms with van der Waals surface area (Å²) >= 11 is 5.59. The number of ether oxygens (including phenoxy) is 1. The maximum atomic E-state index is 13.4. The van der Waals surface area contributed by atoms with E-state index in [1.165, 1.54) is 12.1 Å². The standard InChI is InChI=1S/C17H17ClFNO3/c1-11(23-13-5-3-2-4-6-13)17(22)20-10-16(21)12-7-8-14(18)15(19)9-12/h2-9,11,16,21H,10H2,1H3,(H,20,22). The predicted octanol–water partition coefficient (Wildman–Crippen LogP) is 3.10. The number of hydrogen-bond acceptors (Lipinski definition) is 3. The van der Waals surface area contributed by atoms with Gasteiger partial charge in [-0.25, -0.2) is 4.39 Å². The van der Waals surface area contributed by atoms with E-state index in [2.05, 4.69) is 5.32 Å². The van der Waals surface area contributed by atoms with Crippen molar-refractivity contribution >= 4 is 17.5 Å². The number of amides is 1. The number of carbonyl (C=O) groups excluding carboxylic acids is 1. The second-order valence-corrected chi connectivity index (χ2v) is 5.41. The summed E-state index contributed by atoms with van der Waals surface area (Å²) in [6.45, 7) is 1.55. The average molecular weight is 338 g/mol. The van der Waals surface area contributed by atoms with E-state index in [4.69, 9.17) is 16.3 Å². The van der Waals surface area contributed by atoms with E-state index in [1.54, 1.807) is 31.2 Å². The third-order valence-corrected chi connectivity index (χ3v) is 3.53. The lowest BCUT2D eigenvalue weighted by atomic mass is 10.1. The molecule has 0 bridgehead atoms. The normalized spacial score (nSPS) is 13.2. The maximum absolute atomic E-state index is 13.4. The van der Waals surface area contributed by atoms with Gasteiger partial charge in [0.2, 0.25) is 0 Å². The summed E-state index contributed by atoms with van der Waals surface area (Å²) in [7, 11) is 0. The number of halogens is 2. The molecule has 0 aromatic heterocycles. The first-order valence-corrected chi connectivity index (χ1v) is 7.47. The molecule has 23 heavy (non-hydrogen) atoms. The van der Waals surface area contributed by atoms with Crippen LogP contribution in [0, 0.1) is 5.82 Å². The summed E-state index contributed by atoms with van der Waals surface area (Å²) in [5.74, 6) is -0.409. The number of para-hydroxylation sites is 1. The molecule has 2 aromatic carbocycles. The number of rotatable bonds is 6. The number of benzene rings is 2. The van der Waals surface area contributed by atoms with Crippen molar-refractivity contribution in [2.75, 3.05) is 6.54 Å². The van der Waals surface area contributed by atoms with Crippen LogP contribution in [-0.4, -0.2) is 23.7 Å². The van der Waals surface area contributed by atoms with Gasteiger partial charge in [-0.05, 0) is 36.8 Å². The summed E-state index contributed by atoms with van der Waals surface area (Å²) in [6.07, 6.45) is -1.75. The highest BCUT2D eigenvalue weighted by Gasteiger charge is 2.17. The molecular formula is C17H17ClFNO3. The molecule has 0 aliphatic carbocycles. The average Bonchev–Trinajstić information content (AvgIpc) is 2.55. The smallest absolute Gasteiger partial charge is 0.260 e. The molecule has 2 unspecified atom stereocenters. The molecule has 0 saturated heterocycles. The summed E-state index contributed by atoms with van der Waals surface area (Å²) in [6, 6.07) is 13.0. The Morgan fingerprint density at radius 1 is 1.30 bits per heavy atom. The molecule has 4 nitrogen and oxygen atoms in total. The molecule has 0 saturated carbocycles. The first-order chi connectivity index (χ1) is 11.0. The molecular weight excluding hydrogens is 321 g/mol. The Morgan fingerprint density at radius 3 is 2.65 bits per heavy atom. The van der Waals surface area contributed by atoms with Crippen molar-refractivity contribution < 1.29 is 19.0 Å². The van der Waals surface area contributed by atoms with Gasteiger partial charge in [-0.1, -0.05) is 35.9 Å². The van der Waals surface area contributed by atoms with Crippen molar-refractivity contribution in [2.24, 2.45) is 0 Å². The largest absolute Gasteiger partial charge is 0.481 e. The van der Waals surface area contributed by atoms with Crippen molar-refractivity contribution in [2.45, 2.75) is 19.1 Å². The highest BCUT2D eigenvalue weighted by molar-refractivity contribution is 6.30. The Labute approximate surface area is 138 Å². The van der Waals surface area contributed by atoms with Crippen LogP contribution in [0.2, 0.25) is 5.02 Å². The van der Waals surface area contributed by atoms with Crippen LogP contribution in [0.1, 0.15) is 18.6 Å². The van der Waals surface area contributed by atoms with Gasteiger partial charge in [0.1, 0.15) is 11.6 Å². The number of carbonyl (C=O) groups is 1. The van der Waals surface area contributed by atoms with Gasteiger partial charge < -0.3 is 15.2 Å². The Morgan fingerprint density at radius 2 is 2.00 bits per heavy atom. The molecule has 0 fully saturated rings. The number of aliphatic hydroxyl groups excluding tert-OH is 1. The van der Waals surface area contributed by atoms with Crippen molar-refractivity contribution in [3.05, 3.63) is 64.9 Å². The zero-order valence-corrected chi connectivity index (χ0v) is 13.3.